The van der Waals surface area contributed by atoms with Crippen molar-refractivity contribution in [3.63, 3.8) is 0 Å². The Morgan fingerprint density at radius 3 is 1.39 bits per heavy atom. The number of halogens is 6. The van der Waals surface area contributed by atoms with Crippen LogP contribution in [0.2, 0.25) is 51.9 Å². The average Bonchev–Trinajstić information content (AvgIpc) is 2.27. The van der Waals surface area contributed by atoms with Crippen LogP contribution in [0, 0.1) is 0 Å². The van der Waals surface area contributed by atoms with Gasteiger partial charge in [0.15, 0.2) is 0 Å². The molecule has 1 saturated heterocycles. The summed E-state index contributed by atoms with van der Waals surface area (Å²) in [5.41, 5.74) is 0. The summed E-state index contributed by atoms with van der Waals surface area (Å²) in [4.78, 5) is 0. The molecule has 5 nitrogen and oxygen atoms in total. The van der Waals surface area contributed by atoms with Crippen LogP contribution in [0.3, 0.4) is 0 Å². The van der Waals surface area contributed by atoms with Crippen molar-refractivity contribution < 1.29 is 47.5 Å². The maximum atomic E-state index is 12.5. The summed E-state index contributed by atoms with van der Waals surface area (Å²) in [7, 11) is -10.8. The zero-order valence-electron chi connectivity index (χ0n) is 17.0. The third-order valence-corrected chi connectivity index (χ3v) is 20.1. The van der Waals surface area contributed by atoms with E-state index in [2.05, 4.69) is 4.74 Å². The molecule has 1 aliphatic rings. The van der Waals surface area contributed by atoms with Gasteiger partial charge in [-0.2, -0.15) is 26.3 Å². The predicted molar refractivity (Wildman–Crippen MR) is 99.7 cm³/mol. The summed E-state index contributed by atoms with van der Waals surface area (Å²) in [5, 5.41) is 0. The van der Waals surface area contributed by atoms with Gasteiger partial charge in [-0.1, -0.05) is 0 Å². The molecule has 0 aromatic heterocycles. The van der Waals surface area contributed by atoms with Crippen LogP contribution < -0.4 is 0 Å². The van der Waals surface area contributed by atoms with Crippen molar-refractivity contribution in [3.8, 4) is 0 Å². The highest BCUT2D eigenvalue weighted by atomic mass is 28.5. The normalized spacial score (nSPS) is 24.6. The van der Waals surface area contributed by atoms with E-state index in [-0.39, 0.29) is 12.5 Å². The summed E-state index contributed by atoms with van der Waals surface area (Å²) < 4.78 is 104. The van der Waals surface area contributed by atoms with E-state index >= 15 is 0 Å². The quantitative estimate of drug-likeness (QED) is 0.303. The minimum Gasteiger partial charge on any atom is -0.416 e. The van der Waals surface area contributed by atoms with Crippen LogP contribution in [0.4, 0.5) is 26.3 Å². The summed E-state index contributed by atoms with van der Waals surface area (Å²) in [6.07, 6.45) is -14.9. The fourth-order valence-electron chi connectivity index (χ4n) is 3.38. The smallest absolute Gasteiger partial charge is 0.416 e. The average molecular weight is 491 g/mol. The molecule has 1 rings (SSSR count). The highest BCUT2D eigenvalue weighted by Crippen LogP contribution is 2.36. The Kier molecular flexibility index (Phi) is 7.89. The molecule has 0 bridgehead atoms. The molecule has 1 fully saturated rings. The van der Waals surface area contributed by atoms with Gasteiger partial charge in [-0.15, -0.1) is 0 Å². The molecule has 0 N–H and O–H groups in total. The van der Waals surface area contributed by atoms with Crippen molar-refractivity contribution in [1.82, 2.24) is 0 Å². The molecule has 0 saturated carbocycles. The lowest BCUT2D eigenvalue weighted by atomic mass is 10.3. The maximum Gasteiger partial charge on any atom is 0.423 e. The van der Waals surface area contributed by atoms with Crippen LogP contribution in [0.15, 0.2) is 0 Å². The van der Waals surface area contributed by atoms with Gasteiger partial charge in [0.05, 0.1) is 0 Å². The lowest BCUT2D eigenvalue weighted by molar-refractivity contribution is -0.321. The fourth-order valence-corrected chi connectivity index (χ4v) is 24.9. The second-order valence-corrected chi connectivity index (χ2v) is 22.6. The van der Waals surface area contributed by atoms with E-state index < -0.39 is 59.3 Å². The minimum absolute atomic E-state index is 0.0683. The molecule has 0 aromatic carbocycles. The summed E-state index contributed by atoms with van der Waals surface area (Å²) in [6, 6.07) is 0.164. The first-order valence-electron chi connectivity index (χ1n) is 8.72. The van der Waals surface area contributed by atoms with E-state index in [4.69, 9.17) is 16.5 Å². The molecule has 0 aliphatic carbocycles. The van der Waals surface area contributed by atoms with Crippen LogP contribution in [0.25, 0.3) is 0 Å². The molecule has 28 heavy (non-hydrogen) atoms. The van der Waals surface area contributed by atoms with E-state index in [1.54, 1.807) is 6.55 Å². The molecule has 0 amide bonds. The Bertz CT molecular complexity index is 504. The first kappa shape index (κ1) is 26.3. The number of hydrogen-bond donors (Lipinski definition) is 0. The van der Waals surface area contributed by atoms with Crippen molar-refractivity contribution in [2.75, 3.05) is 6.61 Å². The van der Waals surface area contributed by atoms with Gasteiger partial charge in [-0.05, 0) is 58.3 Å². The lowest BCUT2D eigenvalue weighted by Crippen LogP contribution is -2.65. The van der Waals surface area contributed by atoms with Crippen LogP contribution in [-0.2, 0) is 21.2 Å². The molecule has 0 spiro atoms. The molecule has 0 atom stereocenters. The maximum absolute atomic E-state index is 12.5. The number of ether oxygens (including phenoxy) is 1. The van der Waals surface area contributed by atoms with Gasteiger partial charge in [-0.3, -0.25) is 0 Å². The first-order chi connectivity index (χ1) is 12.2. The van der Waals surface area contributed by atoms with E-state index in [0.29, 0.717) is 0 Å². The molecule has 15 heteroatoms. The second kappa shape index (κ2) is 8.41. The molecular formula is C13H28F6O5Si4. The summed E-state index contributed by atoms with van der Waals surface area (Å²) >= 11 is 0. The SMILES string of the molecule is C[Si]1(C)O[Si](C)(C)O[Si](C)(CCCOC(C(F)(F)F)C(F)(F)F)O[Si](C)(C)O1. The summed E-state index contributed by atoms with van der Waals surface area (Å²) in [6.45, 7) is 12.1. The largest absolute Gasteiger partial charge is 0.423 e. The van der Waals surface area contributed by atoms with E-state index in [1.165, 1.54) is 0 Å². The van der Waals surface area contributed by atoms with E-state index in [9.17, 15) is 26.3 Å². The van der Waals surface area contributed by atoms with Crippen molar-refractivity contribution in [3.05, 3.63) is 0 Å². The predicted octanol–water partition coefficient (Wildman–Crippen LogP) is 5.14. The molecular weight excluding hydrogens is 462 g/mol. The standard InChI is InChI=1S/C13H28F6O5Si4/c1-25(2)21-26(3,4)23-28(7,24-27(5,6)22-25)10-8-9-20-11(12(14,15)16)13(17,18)19/h11H,8-10H2,1-7H3. The molecule has 0 unspecified atom stereocenters. The minimum atomic E-state index is -5.52. The molecule has 0 radical (unpaired) electrons. The van der Waals surface area contributed by atoms with Gasteiger partial charge in [0.2, 0.25) is 6.10 Å². The van der Waals surface area contributed by atoms with Crippen LogP contribution >= 0.6 is 0 Å². The van der Waals surface area contributed by atoms with Gasteiger partial charge in [-0.25, -0.2) is 0 Å². The third kappa shape index (κ3) is 8.55. The van der Waals surface area contributed by atoms with Gasteiger partial charge < -0.3 is 21.2 Å². The fraction of sp³-hybridized carbons (Fsp3) is 1.00. The van der Waals surface area contributed by atoms with E-state index in [0.717, 1.165) is 0 Å². The third-order valence-electron chi connectivity index (χ3n) is 3.56. The summed E-state index contributed by atoms with van der Waals surface area (Å²) in [5.74, 6) is 0. The van der Waals surface area contributed by atoms with Crippen molar-refractivity contribution >= 4 is 34.2 Å². The number of rotatable bonds is 5. The van der Waals surface area contributed by atoms with Crippen LogP contribution in [0.1, 0.15) is 6.42 Å². The Morgan fingerprint density at radius 2 is 1.04 bits per heavy atom. The zero-order chi connectivity index (χ0) is 22.2. The van der Waals surface area contributed by atoms with Crippen LogP contribution in [-0.4, -0.2) is 59.3 Å². The van der Waals surface area contributed by atoms with Crippen LogP contribution in [0.5, 0.6) is 0 Å². The Hall–Kier alpha value is 0.248. The highest BCUT2D eigenvalue weighted by Gasteiger charge is 2.58. The highest BCUT2D eigenvalue weighted by molar-refractivity contribution is 6.93. The molecule has 1 aliphatic heterocycles. The molecule has 168 valence electrons. The molecule has 1 heterocycles. The Balaban J connectivity index is 2.80. The van der Waals surface area contributed by atoms with Crippen molar-refractivity contribution in [2.45, 2.75) is 76.8 Å². The molecule has 0 aromatic rings. The van der Waals surface area contributed by atoms with Gasteiger partial charge >= 0.3 is 46.6 Å². The van der Waals surface area contributed by atoms with Gasteiger partial charge in [0, 0.05) is 6.61 Å². The van der Waals surface area contributed by atoms with Crippen molar-refractivity contribution in [1.29, 1.82) is 0 Å². The topological polar surface area (TPSA) is 46.2 Å². The lowest BCUT2D eigenvalue weighted by Gasteiger charge is -2.47. The Labute approximate surface area is 165 Å². The number of alkyl halides is 6. The first-order valence-corrected chi connectivity index (χ1v) is 19.7. The Morgan fingerprint density at radius 1 is 0.679 bits per heavy atom. The van der Waals surface area contributed by atoms with E-state index in [1.807, 2.05) is 39.3 Å². The van der Waals surface area contributed by atoms with Gasteiger partial charge in [0.25, 0.3) is 0 Å². The van der Waals surface area contributed by atoms with Gasteiger partial charge in [0.1, 0.15) is 0 Å². The number of hydrogen-bond acceptors (Lipinski definition) is 5. The second-order valence-electron chi connectivity index (χ2n) is 8.18. The zero-order valence-corrected chi connectivity index (χ0v) is 21.0. The monoisotopic (exact) mass is 490 g/mol. The van der Waals surface area contributed by atoms with Crippen molar-refractivity contribution in [2.24, 2.45) is 0 Å².